The van der Waals surface area contributed by atoms with E-state index in [1.807, 2.05) is 0 Å². The molecule has 0 aliphatic heterocycles. The highest BCUT2D eigenvalue weighted by molar-refractivity contribution is 5.94. The van der Waals surface area contributed by atoms with E-state index in [4.69, 9.17) is 10.4 Å². The summed E-state index contributed by atoms with van der Waals surface area (Å²) in [6.07, 6.45) is 0. The summed E-state index contributed by atoms with van der Waals surface area (Å²) in [5.74, 6) is -0.890. The van der Waals surface area contributed by atoms with Crippen LogP contribution in [-0.4, -0.2) is 23.3 Å². The van der Waals surface area contributed by atoms with E-state index in [1.54, 1.807) is 6.07 Å². The maximum Gasteiger partial charge on any atom is 0.339 e. The van der Waals surface area contributed by atoms with Gasteiger partial charge < -0.3 is 14.9 Å². The van der Waals surface area contributed by atoms with Gasteiger partial charge >= 0.3 is 5.97 Å². The van der Waals surface area contributed by atoms with Crippen LogP contribution in [-0.2, 0) is 11.3 Å². The van der Waals surface area contributed by atoms with Gasteiger partial charge in [-0.15, -0.1) is 0 Å². The Morgan fingerprint density at radius 3 is 2.73 bits per heavy atom. The topological polar surface area (TPSA) is 90.6 Å². The number of benzene rings is 1. The highest BCUT2D eigenvalue weighted by Crippen LogP contribution is 2.22. The number of ether oxygens (including phenoxy) is 1. The van der Waals surface area contributed by atoms with Gasteiger partial charge in [0, 0.05) is 0 Å². The molecule has 1 rings (SSSR count). The van der Waals surface area contributed by atoms with E-state index >= 15 is 0 Å². The van der Waals surface area contributed by atoms with Crippen molar-refractivity contribution in [1.82, 2.24) is 0 Å². The van der Waals surface area contributed by atoms with Gasteiger partial charge in [0.05, 0.1) is 24.8 Å². The summed E-state index contributed by atoms with van der Waals surface area (Å²) in [6.45, 7) is -0.451. The average molecular weight is 207 g/mol. The second kappa shape index (κ2) is 4.44. The molecule has 0 spiro atoms. The van der Waals surface area contributed by atoms with Crippen molar-refractivity contribution in [2.45, 2.75) is 6.61 Å². The molecule has 5 nitrogen and oxygen atoms in total. The molecule has 0 atom stereocenters. The minimum absolute atomic E-state index is 0.0136. The highest BCUT2D eigenvalue weighted by atomic mass is 16.5. The minimum atomic E-state index is -0.712. The lowest BCUT2D eigenvalue weighted by Gasteiger charge is -2.07. The number of phenols is 1. The van der Waals surface area contributed by atoms with Gasteiger partial charge in [-0.3, -0.25) is 0 Å². The van der Waals surface area contributed by atoms with Crippen LogP contribution < -0.4 is 0 Å². The molecular weight excluding hydrogens is 198 g/mol. The molecule has 0 saturated carbocycles. The maximum atomic E-state index is 11.3. The first-order valence-electron chi connectivity index (χ1n) is 4.09. The minimum Gasteiger partial charge on any atom is -0.508 e. The summed E-state index contributed by atoms with van der Waals surface area (Å²) in [6, 6.07) is 4.11. The zero-order valence-corrected chi connectivity index (χ0v) is 8.02. The predicted octanol–water partition coefficient (Wildman–Crippen LogP) is 0.543. The molecule has 5 heteroatoms. The lowest BCUT2D eigenvalue weighted by Crippen LogP contribution is -2.08. The van der Waals surface area contributed by atoms with Crippen molar-refractivity contribution in [1.29, 1.82) is 5.26 Å². The molecule has 15 heavy (non-hydrogen) atoms. The Bertz CT molecular complexity index is 434. The van der Waals surface area contributed by atoms with Crippen molar-refractivity contribution < 1.29 is 19.7 Å². The first-order valence-corrected chi connectivity index (χ1v) is 4.09. The van der Waals surface area contributed by atoms with Crippen LogP contribution in [0.2, 0.25) is 0 Å². The number of hydrogen-bond donors (Lipinski definition) is 2. The second-order valence-corrected chi connectivity index (χ2v) is 2.79. The van der Waals surface area contributed by atoms with Crippen LogP contribution in [0, 0.1) is 11.3 Å². The van der Waals surface area contributed by atoms with E-state index < -0.39 is 12.6 Å². The summed E-state index contributed by atoms with van der Waals surface area (Å²) >= 11 is 0. The van der Waals surface area contributed by atoms with E-state index in [-0.39, 0.29) is 22.4 Å². The highest BCUT2D eigenvalue weighted by Gasteiger charge is 2.17. The largest absolute Gasteiger partial charge is 0.508 e. The van der Waals surface area contributed by atoms with Gasteiger partial charge in [0.25, 0.3) is 0 Å². The number of aliphatic hydroxyl groups excluding tert-OH is 1. The van der Waals surface area contributed by atoms with E-state index in [9.17, 15) is 9.90 Å². The number of rotatable bonds is 2. The normalized spacial score (nSPS) is 9.40. The summed E-state index contributed by atoms with van der Waals surface area (Å²) in [7, 11) is 1.18. The van der Waals surface area contributed by atoms with Gasteiger partial charge in [0.1, 0.15) is 11.8 Å². The van der Waals surface area contributed by atoms with Crippen molar-refractivity contribution in [3.8, 4) is 11.8 Å². The monoisotopic (exact) mass is 207 g/mol. The molecule has 78 valence electrons. The molecule has 1 aromatic carbocycles. The quantitative estimate of drug-likeness (QED) is 0.691. The van der Waals surface area contributed by atoms with Gasteiger partial charge in [-0.05, 0) is 17.7 Å². The Kier molecular flexibility index (Phi) is 3.26. The molecular formula is C10H9NO4. The molecule has 0 bridgehead atoms. The number of carbonyl (C=O) groups is 1. The third-order valence-corrected chi connectivity index (χ3v) is 1.89. The van der Waals surface area contributed by atoms with Crippen LogP contribution >= 0.6 is 0 Å². The van der Waals surface area contributed by atoms with Crippen molar-refractivity contribution in [2.75, 3.05) is 7.11 Å². The van der Waals surface area contributed by atoms with Crippen LogP contribution in [0.5, 0.6) is 5.75 Å². The fraction of sp³-hybridized carbons (Fsp3) is 0.200. The summed E-state index contributed by atoms with van der Waals surface area (Å²) in [5, 5.41) is 27.0. The summed E-state index contributed by atoms with van der Waals surface area (Å²) < 4.78 is 4.48. The number of methoxy groups -OCH3 is 1. The van der Waals surface area contributed by atoms with Crippen molar-refractivity contribution in [2.24, 2.45) is 0 Å². The SMILES string of the molecule is COC(=O)c1c(C#N)cc(O)cc1CO. The number of esters is 1. The Hall–Kier alpha value is -2.06. The lowest BCUT2D eigenvalue weighted by atomic mass is 10.0. The standard InChI is InChI=1S/C10H9NO4/c1-15-10(14)9-6(4-11)2-8(13)3-7(9)5-12/h2-3,12-13H,5H2,1H3. The number of hydrogen-bond acceptors (Lipinski definition) is 5. The number of nitriles is 1. The van der Waals surface area contributed by atoms with Gasteiger partial charge in [-0.25, -0.2) is 4.79 Å². The molecule has 0 saturated heterocycles. The molecule has 0 unspecified atom stereocenters. The van der Waals surface area contributed by atoms with Crippen molar-refractivity contribution in [3.63, 3.8) is 0 Å². The Morgan fingerprint density at radius 2 is 2.27 bits per heavy atom. The molecule has 0 heterocycles. The number of aromatic hydroxyl groups is 1. The number of aliphatic hydroxyl groups is 1. The van der Waals surface area contributed by atoms with Crippen molar-refractivity contribution in [3.05, 3.63) is 28.8 Å². The zero-order valence-electron chi connectivity index (χ0n) is 8.02. The third kappa shape index (κ3) is 2.06. The Balaban J connectivity index is 3.45. The molecule has 2 N–H and O–H groups in total. The Labute approximate surface area is 86.1 Å². The van der Waals surface area contributed by atoms with Crippen LogP contribution in [0.3, 0.4) is 0 Å². The Morgan fingerprint density at radius 1 is 1.60 bits per heavy atom. The third-order valence-electron chi connectivity index (χ3n) is 1.89. The van der Waals surface area contributed by atoms with Gasteiger partial charge in [0.15, 0.2) is 0 Å². The van der Waals surface area contributed by atoms with E-state index in [1.165, 1.54) is 13.2 Å². The van der Waals surface area contributed by atoms with Gasteiger partial charge in [-0.2, -0.15) is 5.26 Å². The van der Waals surface area contributed by atoms with Crippen molar-refractivity contribution >= 4 is 5.97 Å². The molecule has 1 aromatic rings. The zero-order chi connectivity index (χ0) is 11.4. The van der Waals surface area contributed by atoms with Crippen LogP contribution in [0.1, 0.15) is 21.5 Å². The van der Waals surface area contributed by atoms with E-state index in [0.717, 1.165) is 6.07 Å². The van der Waals surface area contributed by atoms with Crippen LogP contribution in [0.4, 0.5) is 0 Å². The predicted molar refractivity (Wildman–Crippen MR) is 50.1 cm³/mol. The lowest BCUT2D eigenvalue weighted by molar-refractivity contribution is 0.0597. The summed E-state index contributed by atoms with van der Waals surface area (Å²) in [5.41, 5.74) is 0.129. The van der Waals surface area contributed by atoms with E-state index in [2.05, 4.69) is 4.74 Å². The fourth-order valence-electron chi connectivity index (χ4n) is 1.24. The molecule has 0 aliphatic carbocycles. The molecule has 0 radical (unpaired) electrons. The maximum absolute atomic E-state index is 11.3. The molecule has 0 aliphatic rings. The fourth-order valence-corrected chi connectivity index (χ4v) is 1.24. The average Bonchev–Trinajstić information content (AvgIpc) is 2.26. The first-order chi connectivity index (χ1) is 7.13. The first kappa shape index (κ1) is 11.0. The number of carbonyl (C=O) groups excluding carboxylic acids is 1. The van der Waals surface area contributed by atoms with Gasteiger partial charge in [0.2, 0.25) is 0 Å². The van der Waals surface area contributed by atoms with Gasteiger partial charge in [-0.1, -0.05) is 0 Å². The van der Waals surface area contributed by atoms with Crippen LogP contribution in [0.25, 0.3) is 0 Å². The molecule has 0 aromatic heterocycles. The molecule has 0 amide bonds. The second-order valence-electron chi connectivity index (χ2n) is 2.79. The molecule has 0 fully saturated rings. The van der Waals surface area contributed by atoms with Crippen LogP contribution in [0.15, 0.2) is 12.1 Å². The number of phenolic OH excluding ortho intramolecular Hbond substituents is 1. The number of nitrogens with zero attached hydrogens (tertiary/aromatic N) is 1. The smallest absolute Gasteiger partial charge is 0.339 e. The summed E-state index contributed by atoms with van der Waals surface area (Å²) in [4.78, 5) is 11.3. The van der Waals surface area contributed by atoms with E-state index in [0.29, 0.717) is 0 Å².